The summed E-state index contributed by atoms with van der Waals surface area (Å²) in [6.45, 7) is 8.74. The maximum atomic E-state index is 5.18. The van der Waals surface area contributed by atoms with Crippen molar-refractivity contribution >= 4 is 11.8 Å². The first-order valence-corrected chi connectivity index (χ1v) is 8.21. The summed E-state index contributed by atoms with van der Waals surface area (Å²) in [5.74, 6) is 3.11. The summed E-state index contributed by atoms with van der Waals surface area (Å²) in [6, 6.07) is 0. The molecule has 23 heavy (non-hydrogen) atoms. The molecule has 0 amide bonds. The zero-order valence-electron chi connectivity index (χ0n) is 14.3. The molecule has 0 unspecified atom stereocenters. The summed E-state index contributed by atoms with van der Waals surface area (Å²) in [4.78, 5) is 18.1. The number of nitrogens with zero attached hydrogens (tertiary/aromatic N) is 6. The fourth-order valence-corrected chi connectivity index (χ4v) is 2.81. The molecule has 0 aromatic carbocycles. The van der Waals surface area contributed by atoms with Crippen molar-refractivity contribution in [1.29, 1.82) is 0 Å². The standard InChI is InChI=1S/C16H24N6O/c1-5-14-18-13(20-23-14)10-21(4)15-11(2)12(3)17-16(19-15)22-8-6-7-9-22/h5-10H2,1-4H3. The third kappa shape index (κ3) is 3.28. The Morgan fingerprint density at radius 3 is 2.52 bits per heavy atom. The Kier molecular flexibility index (Phi) is 4.45. The molecule has 0 radical (unpaired) electrons. The van der Waals surface area contributed by atoms with Crippen molar-refractivity contribution in [3.8, 4) is 0 Å². The van der Waals surface area contributed by atoms with Crippen molar-refractivity contribution in [2.75, 3.05) is 29.9 Å². The second-order valence-corrected chi connectivity index (χ2v) is 6.07. The quantitative estimate of drug-likeness (QED) is 0.838. The van der Waals surface area contributed by atoms with Crippen molar-refractivity contribution in [2.24, 2.45) is 0 Å². The lowest BCUT2D eigenvalue weighted by Crippen LogP contribution is -2.25. The predicted molar refractivity (Wildman–Crippen MR) is 88.7 cm³/mol. The van der Waals surface area contributed by atoms with Crippen LogP contribution in [-0.2, 0) is 13.0 Å². The Morgan fingerprint density at radius 1 is 1.13 bits per heavy atom. The molecular weight excluding hydrogens is 292 g/mol. The summed E-state index contributed by atoms with van der Waals surface area (Å²) < 4.78 is 5.18. The van der Waals surface area contributed by atoms with E-state index in [2.05, 4.69) is 31.8 Å². The summed E-state index contributed by atoms with van der Waals surface area (Å²) in [7, 11) is 2.00. The Hall–Kier alpha value is -2.18. The molecule has 0 atom stereocenters. The summed E-state index contributed by atoms with van der Waals surface area (Å²) in [5.41, 5.74) is 2.11. The van der Waals surface area contributed by atoms with Gasteiger partial charge in [0, 0.05) is 37.8 Å². The number of anilines is 2. The number of rotatable bonds is 5. The highest BCUT2D eigenvalue weighted by molar-refractivity contribution is 5.52. The molecule has 124 valence electrons. The molecule has 1 aliphatic rings. The molecule has 2 aromatic heterocycles. The van der Waals surface area contributed by atoms with Crippen LogP contribution in [0.3, 0.4) is 0 Å². The maximum Gasteiger partial charge on any atom is 0.227 e. The van der Waals surface area contributed by atoms with Crippen molar-refractivity contribution in [1.82, 2.24) is 20.1 Å². The highest BCUT2D eigenvalue weighted by atomic mass is 16.5. The molecule has 0 aliphatic carbocycles. The van der Waals surface area contributed by atoms with Crippen molar-refractivity contribution in [2.45, 2.75) is 46.6 Å². The van der Waals surface area contributed by atoms with Gasteiger partial charge < -0.3 is 14.3 Å². The lowest BCUT2D eigenvalue weighted by molar-refractivity contribution is 0.376. The molecule has 1 aliphatic heterocycles. The minimum absolute atomic E-state index is 0.570. The van der Waals surface area contributed by atoms with Gasteiger partial charge in [-0.2, -0.15) is 9.97 Å². The Labute approximate surface area is 136 Å². The van der Waals surface area contributed by atoms with E-state index in [0.29, 0.717) is 18.3 Å². The van der Waals surface area contributed by atoms with Crippen LogP contribution in [-0.4, -0.2) is 40.2 Å². The molecule has 3 rings (SSSR count). The van der Waals surface area contributed by atoms with E-state index < -0.39 is 0 Å². The van der Waals surface area contributed by atoms with Crippen molar-refractivity contribution in [3.05, 3.63) is 23.0 Å². The highest BCUT2D eigenvalue weighted by Crippen LogP contribution is 2.25. The number of aryl methyl sites for hydroxylation is 2. The van der Waals surface area contributed by atoms with Crippen LogP contribution in [0, 0.1) is 13.8 Å². The van der Waals surface area contributed by atoms with Gasteiger partial charge in [0.25, 0.3) is 0 Å². The summed E-state index contributed by atoms with van der Waals surface area (Å²) in [5, 5.41) is 4.02. The van der Waals surface area contributed by atoms with Gasteiger partial charge in [0.2, 0.25) is 11.8 Å². The molecule has 0 spiro atoms. The summed E-state index contributed by atoms with van der Waals surface area (Å²) in [6.07, 6.45) is 3.18. The average molecular weight is 316 g/mol. The fourth-order valence-electron chi connectivity index (χ4n) is 2.81. The van der Waals surface area contributed by atoms with Crippen LogP contribution in [0.5, 0.6) is 0 Å². The Bertz CT molecular complexity index is 677. The van der Waals surface area contributed by atoms with Crippen LogP contribution in [0.15, 0.2) is 4.52 Å². The van der Waals surface area contributed by atoms with Crippen LogP contribution < -0.4 is 9.80 Å². The maximum absolute atomic E-state index is 5.18. The van der Waals surface area contributed by atoms with Crippen LogP contribution in [0.4, 0.5) is 11.8 Å². The molecule has 7 nitrogen and oxygen atoms in total. The van der Waals surface area contributed by atoms with Crippen LogP contribution in [0.1, 0.15) is 42.7 Å². The van der Waals surface area contributed by atoms with Gasteiger partial charge in [-0.05, 0) is 26.7 Å². The van der Waals surface area contributed by atoms with E-state index in [4.69, 9.17) is 9.51 Å². The predicted octanol–water partition coefficient (Wildman–Crippen LogP) is 2.28. The Balaban J connectivity index is 1.84. The number of hydrogen-bond acceptors (Lipinski definition) is 7. The van der Waals surface area contributed by atoms with Gasteiger partial charge in [0.1, 0.15) is 5.82 Å². The van der Waals surface area contributed by atoms with Gasteiger partial charge in [-0.25, -0.2) is 4.98 Å². The minimum atomic E-state index is 0.570. The molecular formula is C16H24N6O. The van der Waals surface area contributed by atoms with Crippen molar-refractivity contribution < 1.29 is 4.52 Å². The lowest BCUT2D eigenvalue weighted by Gasteiger charge is -2.23. The SMILES string of the molecule is CCc1nc(CN(C)c2nc(N3CCCC3)nc(C)c2C)no1. The van der Waals surface area contributed by atoms with Crippen LogP contribution in [0.25, 0.3) is 0 Å². The van der Waals surface area contributed by atoms with E-state index in [9.17, 15) is 0 Å². The van der Waals surface area contributed by atoms with E-state index in [0.717, 1.165) is 42.5 Å². The molecule has 1 saturated heterocycles. The van der Waals surface area contributed by atoms with E-state index in [1.807, 2.05) is 20.9 Å². The lowest BCUT2D eigenvalue weighted by atomic mass is 10.2. The van der Waals surface area contributed by atoms with Crippen LogP contribution in [0.2, 0.25) is 0 Å². The van der Waals surface area contributed by atoms with Gasteiger partial charge in [0.05, 0.1) is 6.54 Å². The van der Waals surface area contributed by atoms with Crippen molar-refractivity contribution in [3.63, 3.8) is 0 Å². The summed E-state index contributed by atoms with van der Waals surface area (Å²) >= 11 is 0. The second kappa shape index (κ2) is 6.52. The van der Waals surface area contributed by atoms with Crippen LogP contribution >= 0.6 is 0 Å². The fraction of sp³-hybridized carbons (Fsp3) is 0.625. The first-order chi connectivity index (χ1) is 11.1. The van der Waals surface area contributed by atoms with Gasteiger partial charge in [0.15, 0.2) is 5.82 Å². The highest BCUT2D eigenvalue weighted by Gasteiger charge is 2.20. The molecule has 2 aromatic rings. The minimum Gasteiger partial charge on any atom is -0.352 e. The largest absolute Gasteiger partial charge is 0.352 e. The zero-order chi connectivity index (χ0) is 16.4. The van der Waals surface area contributed by atoms with E-state index in [1.165, 1.54) is 12.8 Å². The van der Waals surface area contributed by atoms with E-state index in [1.54, 1.807) is 0 Å². The second-order valence-electron chi connectivity index (χ2n) is 6.07. The topological polar surface area (TPSA) is 71.2 Å². The van der Waals surface area contributed by atoms with Gasteiger partial charge >= 0.3 is 0 Å². The zero-order valence-corrected chi connectivity index (χ0v) is 14.3. The Morgan fingerprint density at radius 2 is 1.87 bits per heavy atom. The third-order valence-corrected chi connectivity index (χ3v) is 4.29. The molecule has 0 N–H and O–H groups in total. The molecule has 7 heteroatoms. The van der Waals surface area contributed by atoms with E-state index >= 15 is 0 Å². The van der Waals surface area contributed by atoms with Gasteiger partial charge in [-0.15, -0.1) is 0 Å². The number of aromatic nitrogens is 4. The first kappa shape index (κ1) is 15.7. The molecule has 0 saturated carbocycles. The third-order valence-electron chi connectivity index (χ3n) is 4.29. The van der Waals surface area contributed by atoms with Gasteiger partial charge in [-0.3, -0.25) is 0 Å². The smallest absolute Gasteiger partial charge is 0.227 e. The monoisotopic (exact) mass is 316 g/mol. The normalized spacial score (nSPS) is 14.5. The van der Waals surface area contributed by atoms with Gasteiger partial charge in [-0.1, -0.05) is 12.1 Å². The molecule has 3 heterocycles. The molecule has 1 fully saturated rings. The number of hydrogen-bond donors (Lipinski definition) is 0. The van der Waals surface area contributed by atoms with E-state index in [-0.39, 0.29) is 0 Å². The average Bonchev–Trinajstić information content (AvgIpc) is 3.21. The first-order valence-electron chi connectivity index (χ1n) is 8.21. The molecule has 0 bridgehead atoms.